The van der Waals surface area contributed by atoms with Crippen LogP contribution in [0.1, 0.15) is 18.4 Å². The van der Waals surface area contributed by atoms with Crippen molar-refractivity contribution in [1.29, 1.82) is 0 Å². The molecular weight excluding hydrogens is 160 g/mol. The number of nitrogens with zero attached hydrogens (tertiary/aromatic N) is 1. The molecule has 0 amide bonds. The summed E-state index contributed by atoms with van der Waals surface area (Å²) in [7, 11) is 2.13. The highest BCUT2D eigenvalue weighted by Crippen LogP contribution is 2.30. The summed E-state index contributed by atoms with van der Waals surface area (Å²) < 4.78 is 0. The molecule has 1 heterocycles. The maximum absolute atomic E-state index is 5.96. The van der Waals surface area contributed by atoms with Crippen molar-refractivity contribution in [1.82, 2.24) is 0 Å². The van der Waals surface area contributed by atoms with E-state index in [2.05, 4.69) is 18.0 Å². The molecule has 2 rings (SSSR count). The molecule has 1 aromatic rings. The van der Waals surface area contributed by atoms with E-state index in [9.17, 15) is 0 Å². The monoisotopic (exact) mass is 176 g/mol. The average Bonchev–Trinajstić information content (AvgIpc) is 2.29. The summed E-state index contributed by atoms with van der Waals surface area (Å²) in [6.07, 6.45) is 3.72. The molecule has 13 heavy (non-hydrogen) atoms. The van der Waals surface area contributed by atoms with Gasteiger partial charge in [-0.05, 0) is 30.9 Å². The second-order valence-corrected chi connectivity index (χ2v) is 3.73. The molecule has 1 aliphatic rings. The van der Waals surface area contributed by atoms with Crippen LogP contribution < -0.4 is 10.6 Å². The molecular formula is C11H16N2. The number of hydrogen-bond donors (Lipinski definition) is 1. The van der Waals surface area contributed by atoms with Gasteiger partial charge < -0.3 is 10.6 Å². The van der Waals surface area contributed by atoms with Gasteiger partial charge in [0.2, 0.25) is 0 Å². The number of anilines is 2. The minimum absolute atomic E-state index is 0.918. The van der Waals surface area contributed by atoms with Crippen LogP contribution in [0, 0.1) is 0 Å². The second kappa shape index (κ2) is 3.29. The Bertz CT molecular complexity index is 307. The predicted octanol–water partition coefficient (Wildman–Crippen LogP) is 2.04. The van der Waals surface area contributed by atoms with E-state index in [1.54, 1.807) is 0 Å². The zero-order valence-corrected chi connectivity index (χ0v) is 8.09. The van der Waals surface area contributed by atoms with Gasteiger partial charge in [0.25, 0.3) is 0 Å². The van der Waals surface area contributed by atoms with Crippen LogP contribution in [-0.2, 0) is 6.42 Å². The lowest BCUT2D eigenvalue weighted by Crippen LogP contribution is -2.19. The van der Waals surface area contributed by atoms with Crippen molar-refractivity contribution in [2.75, 3.05) is 24.2 Å². The molecule has 2 N–H and O–H groups in total. The molecule has 70 valence electrons. The highest BCUT2D eigenvalue weighted by atomic mass is 15.1. The SMILES string of the molecule is CN1CCCCc2cccc(N)c21. The summed E-state index contributed by atoms with van der Waals surface area (Å²) in [5.74, 6) is 0. The molecule has 0 saturated carbocycles. The molecule has 0 aromatic heterocycles. The maximum atomic E-state index is 5.96. The quantitative estimate of drug-likeness (QED) is 0.613. The molecule has 0 aliphatic carbocycles. The summed E-state index contributed by atoms with van der Waals surface area (Å²) in [6, 6.07) is 6.22. The van der Waals surface area contributed by atoms with Crippen molar-refractivity contribution in [3.8, 4) is 0 Å². The van der Waals surface area contributed by atoms with Gasteiger partial charge >= 0.3 is 0 Å². The largest absolute Gasteiger partial charge is 0.397 e. The number of rotatable bonds is 0. The van der Waals surface area contributed by atoms with Gasteiger partial charge in [0.15, 0.2) is 0 Å². The first-order valence-corrected chi connectivity index (χ1v) is 4.87. The normalized spacial score (nSPS) is 16.5. The molecule has 0 bridgehead atoms. The minimum atomic E-state index is 0.918. The number of nitrogens with two attached hydrogens (primary N) is 1. The third-order valence-electron chi connectivity index (χ3n) is 2.72. The third kappa shape index (κ3) is 1.48. The summed E-state index contributed by atoms with van der Waals surface area (Å²) in [4.78, 5) is 2.28. The highest BCUT2D eigenvalue weighted by molar-refractivity contribution is 5.71. The van der Waals surface area contributed by atoms with E-state index in [1.165, 1.54) is 30.5 Å². The molecule has 0 saturated heterocycles. The molecule has 0 unspecified atom stereocenters. The van der Waals surface area contributed by atoms with Crippen molar-refractivity contribution < 1.29 is 0 Å². The van der Waals surface area contributed by atoms with Crippen LogP contribution in [0.3, 0.4) is 0 Å². The number of hydrogen-bond acceptors (Lipinski definition) is 2. The summed E-state index contributed by atoms with van der Waals surface area (Å²) >= 11 is 0. The van der Waals surface area contributed by atoms with Gasteiger partial charge in [0.1, 0.15) is 0 Å². The summed E-state index contributed by atoms with van der Waals surface area (Å²) in [6.45, 7) is 1.13. The van der Waals surface area contributed by atoms with Crippen LogP contribution in [0.5, 0.6) is 0 Å². The standard InChI is InChI=1S/C11H16N2/c1-13-8-3-2-5-9-6-4-7-10(12)11(9)13/h4,6-7H,2-3,5,8,12H2,1H3. The molecule has 2 nitrogen and oxygen atoms in total. The highest BCUT2D eigenvalue weighted by Gasteiger charge is 2.13. The van der Waals surface area contributed by atoms with Crippen molar-refractivity contribution >= 4 is 11.4 Å². The number of aryl methyl sites for hydroxylation is 1. The van der Waals surface area contributed by atoms with Crippen molar-refractivity contribution in [3.63, 3.8) is 0 Å². The number of benzene rings is 1. The minimum Gasteiger partial charge on any atom is -0.397 e. The van der Waals surface area contributed by atoms with Crippen LogP contribution in [0.4, 0.5) is 11.4 Å². The number of fused-ring (bicyclic) bond motifs is 1. The Balaban J connectivity index is 2.48. The van der Waals surface area contributed by atoms with Gasteiger partial charge in [-0.3, -0.25) is 0 Å². The lowest BCUT2D eigenvalue weighted by Gasteiger charge is -2.20. The summed E-state index contributed by atoms with van der Waals surface area (Å²) in [5.41, 5.74) is 9.53. The van der Waals surface area contributed by atoms with Crippen molar-refractivity contribution in [2.24, 2.45) is 0 Å². The zero-order chi connectivity index (χ0) is 9.26. The van der Waals surface area contributed by atoms with Crippen LogP contribution in [-0.4, -0.2) is 13.6 Å². The predicted molar refractivity (Wildman–Crippen MR) is 57.1 cm³/mol. The van der Waals surface area contributed by atoms with Gasteiger partial charge in [-0.25, -0.2) is 0 Å². The number of nitrogen functional groups attached to an aromatic ring is 1. The van der Waals surface area contributed by atoms with Crippen molar-refractivity contribution in [3.05, 3.63) is 23.8 Å². The molecule has 0 atom stereocenters. The molecule has 1 aliphatic heterocycles. The second-order valence-electron chi connectivity index (χ2n) is 3.73. The fourth-order valence-corrected chi connectivity index (χ4v) is 2.05. The van der Waals surface area contributed by atoms with Gasteiger partial charge in [-0.15, -0.1) is 0 Å². The van der Waals surface area contributed by atoms with E-state index in [-0.39, 0.29) is 0 Å². The lowest BCUT2D eigenvalue weighted by molar-refractivity contribution is 0.750. The fraction of sp³-hybridized carbons (Fsp3) is 0.455. The Morgan fingerprint density at radius 1 is 1.31 bits per heavy atom. The Kier molecular flexibility index (Phi) is 2.13. The molecule has 0 spiro atoms. The number of para-hydroxylation sites is 1. The Hall–Kier alpha value is -1.18. The van der Waals surface area contributed by atoms with E-state index < -0.39 is 0 Å². The first kappa shape index (κ1) is 8.42. The van der Waals surface area contributed by atoms with Gasteiger partial charge in [-0.1, -0.05) is 12.1 Å². The Labute approximate surface area is 79.4 Å². The molecule has 0 fully saturated rings. The Morgan fingerprint density at radius 2 is 2.15 bits per heavy atom. The van der Waals surface area contributed by atoms with E-state index in [4.69, 9.17) is 5.73 Å². The maximum Gasteiger partial charge on any atom is 0.0629 e. The third-order valence-corrected chi connectivity index (χ3v) is 2.72. The lowest BCUT2D eigenvalue weighted by atomic mass is 10.1. The van der Waals surface area contributed by atoms with Crippen LogP contribution in [0.15, 0.2) is 18.2 Å². The van der Waals surface area contributed by atoms with Gasteiger partial charge in [-0.2, -0.15) is 0 Å². The van der Waals surface area contributed by atoms with Gasteiger partial charge in [0, 0.05) is 13.6 Å². The van der Waals surface area contributed by atoms with E-state index in [0.29, 0.717) is 0 Å². The molecule has 1 aromatic carbocycles. The van der Waals surface area contributed by atoms with Crippen molar-refractivity contribution in [2.45, 2.75) is 19.3 Å². The van der Waals surface area contributed by atoms with Gasteiger partial charge in [0.05, 0.1) is 11.4 Å². The Morgan fingerprint density at radius 3 is 3.00 bits per heavy atom. The van der Waals surface area contributed by atoms with E-state index in [1.807, 2.05) is 12.1 Å². The van der Waals surface area contributed by atoms with Crippen LogP contribution in [0.2, 0.25) is 0 Å². The average molecular weight is 176 g/mol. The molecule has 2 heteroatoms. The smallest absolute Gasteiger partial charge is 0.0629 e. The topological polar surface area (TPSA) is 29.3 Å². The zero-order valence-electron chi connectivity index (χ0n) is 8.09. The van der Waals surface area contributed by atoms with Crippen LogP contribution in [0.25, 0.3) is 0 Å². The summed E-state index contributed by atoms with van der Waals surface area (Å²) in [5, 5.41) is 0. The van der Waals surface area contributed by atoms with E-state index in [0.717, 1.165) is 12.2 Å². The van der Waals surface area contributed by atoms with E-state index >= 15 is 0 Å². The first-order valence-electron chi connectivity index (χ1n) is 4.87. The van der Waals surface area contributed by atoms with Crippen LogP contribution >= 0.6 is 0 Å². The molecule has 0 radical (unpaired) electrons. The first-order chi connectivity index (χ1) is 6.29. The fourth-order valence-electron chi connectivity index (χ4n) is 2.05.